The molecule has 2 atom stereocenters. The number of rotatable bonds is 6. The van der Waals surface area contributed by atoms with Gasteiger partial charge in [-0.25, -0.2) is 4.98 Å². The van der Waals surface area contributed by atoms with E-state index in [1.165, 1.54) is 12.8 Å². The molecule has 2 saturated carbocycles. The fourth-order valence-corrected chi connectivity index (χ4v) is 4.16. The summed E-state index contributed by atoms with van der Waals surface area (Å²) in [6.07, 6.45) is 7.40. The van der Waals surface area contributed by atoms with Crippen molar-refractivity contribution >= 4 is 23.3 Å². The molecule has 2 N–H and O–H groups in total. The molecule has 0 saturated heterocycles. The van der Waals surface area contributed by atoms with E-state index in [1.807, 2.05) is 43.6 Å². The molecule has 1 aromatic carbocycles. The van der Waals surface area contributed by atoms with Crippen molar-refractivity contribution in [3.63, 3.8) is 0 Å². The summed E-state index contributed by atoms with van der Waals surface area (Å²) in [6.45, 7) is 0.902. The summed E-state index contributed by atoms with van der Waals surface area (Å²) < 4.78 is 0. The molecule has 2 aliphatic carbocycles. The van der Waals surface area contributed by atoms with E-state index in [9.17, 15) is 9.90 Å². The minimum atomic E-state index is -0.479. The number of hydrogen-bond donors (Lipinski definition) is 2. The van der Waals surface area contributed by atoms with Crippen molar-refractivity contribution in [2.45, 2.75) is 50.7 Å². The highest BCUT2D eigenvalue weighted by Gasteiger charge is 2.28. The topological polar surface area (TPSA) is 65.5 Å². The zero-order chi connectivity index (χ0) is 20.4. The van der Waals surface area contributed by atoms with Crippen LogP contribution in [0.2, 0.25) is 5.02 Å². The second kappa shape index (κ2) is 8.72. The molecule has 1 aromatic heterocycles. The molecule has 0 unspecified atom stereocenters. The van der Waals surface area contributed by atoms with Gasteiger partial charge < -0.3 is 15.3 Å². The van der Waals surface area contributed by atoms with Gasteiger partial charge in [0.15, 0.2) is 0 Å². The minimum absolute atomic E-state index is 0.170. The molecular weight excluding hydrogens is 386 g/mol. The van der Waals surface area contributed by atoms with Crippen LogP contribution < -0.4 is 10.2 Å². The average Bonchev–Trinajstić information content (AvgIpc) is 3.54. The number of pyridine rings is 1. The molecule has 5 nitrogen and oxygen atoms in total. The van der Waals surface area contributed by atoms with Crippen molar-refractivity contribution in [2.24, 2.45) is 5.92 Å². The predicted octanol–water partition coefficient (Wildman–Crippen LogP) is 4.28. The van der Waals surface area contributed by atoms with Crippen molar-refractivity contribution in [1.29, 1.82) is 0 Å². The van der Waals surface area contributed by atoms with Crippen LogP contribution in [-0.2, 0) is 0 Å². The van der Waals surface area contributed by atoms with Gasteiger partial charge in [-0.1, -0.05) is 36.6 Å². The molecular formula is C23H28ClN3O2. The van der Waals surface area contributed by atoms with Crippen molar-refractivity contribution in [1.82, 2.24) is 10.3 Å². The fourth-order valence-electron chi connectivity index (χ4n) is 4.03. The summed E-state index contributed by atoms with van der Waals surface area (Å²) in [7, 11) is 1.99. The van der Waals surface area contributed by atoms with E-state index in [-0.39, 0.29) is 11.9 Å². The third-order valence-electron chi connectivity index (χ3n) is 5.93. The smallest absolute Gasteiger partial charge is 0.255 e. The molecule has 2 aliphatic rings. The van der Waals surface area contributed by atoms with Crippen LogP contribution in [0.25, 0.3) is 11.1 Å². The number of hydrogen-bond acceptors (Lipinski definition) is 4. The maximum absolute atomic E-state index is 13.2. The van der Waals surface area contributed by atoms with Gasteiger partial charge in [-0.05, 0) is 55.4 Å². The molecule has 154 valence electrons. The fraction of sp³-hybridized carbons (Fsp3) is 0.478. The molecule has 1 heterocycles. The molecule has 2 fully saturated rings. The van der Waals surface area contributed by atoms with Crippen LogP contribution in [0.15, 0.2) is 36.5 Å². The molecule has 0 bridgehead atoms. The zero-order valence-electron chi connectivity index (χ0n) is 16.8. The number of nitrogens with zero attached hydrogens (tertiary/aromatic N) is 2. The van der Waals surface area contributed by atoms with Crippen molar-refractivity contribution in [2.75, 3.05) is 18.5 Å². The maximum atomic E-state index is 13.2. The highest BCUT2D eigenvalue weighted by Crippen LogP contribution is 2.32. The second-order valence-corrected chi connectivity index (χ2v) is 8.79. The Kier molecular flexibility index (Phi) is 6.07. The molecule has 4 rings (SSSR count). The number of halogens is 1. The first-order valence-corrected chi connectivity index (χ1v) is 10.8. The highest BCUT2D eigenvalue weighted by molar-refractivity contribution is 6.30. The maximum Gasteiger partial charge on any atom is 0.255 e. The number of amides is 1. The summed E-state index contributed by atoms with van der Waals surface area (Å²) >= 11 is 6.01. The molecule has 29 heavy (non-hydrogen) atoms. The van der Waals surface area contributed by atoms with Crippen LogP contribution in [0.4, 0.5) is 5.82 Å². The van der Waals surface area contributed by atoms with Gasteiger partial charge in [0.05, 0.1) is 17.7 Å². The Morgan fingerprint density at radius 2 is 1.90 bits per heavy atom. The van der Waals surface area contributed by atoms with E-state index in [0.29, 0.717) is 22.3 Å². The molecule has 2 aromatic rings. The van der Waals surface area contributed by atoms with Gasteiger partial charge in [0.25, 0.3) is 5.91 Å². The van der Waals surface area contributed by atoms with Gasteiger partial charge in [-0.3, -0.25) is 4.79 Å². The Labute approximate surface area is 177 Å². The third kappa shape index (κ3) is 4.90. The summed E-state index contributed by atoms with van der Waals surface area (Å²) in [5.74, 6) is 1.21. The Morgan fingerprint density at radius 3 is 2.59 bits per heavy atom. The van der Waals surface area contributed by atoms with Crippen LogP contribution in [-0.4, -0.2) is 41.7 Å². The van der Waals surface area contributed by atoms with Crippen molar-refractivity contribution in [3.8, 4) is 11.1 Å². The standard InChI is InChI=1S/C23H28ClN3O2/c1-27(14-15-6-7-15)22-19(23(29)26-20-4-2-3-5-21(20)28)12-17(13-25-22)16-8-10-18(24)11-9-16/h8-13,15,20-21,28H,2-7,14H2,1H3,(H,26,29)/t20-,21-/m1/s1. The zero-order valence-corrected chi connectivity index (χ0v) is 17.5. The van der Waals surface area contributed by atoms with Crippen LogP contribution in [0.1, 0.15) is 48.9 Å². The molecule has 0 radical (unpaired) electrons. The van der Waals surface area contributed by atoms with Crippen LogP contribution in [0.5, 0.6) is 0 Å². The van der Waals surface area contributed by atoms with Crippen molar-refractivity contribution < 1.29 is 9.90 Å². The number of aliphatic hydroxyl groups excluding tert-OH is 1. The van der Waals surface area contributed by atoms with Gasteiger partial charge in [0.1, 0.15) is 5.82 Å². The summed E-state index contributed by atoms with van der Waals surface area (Å²) in [4.78, 5) is 20.0. The van der Waals surface area contributed by atoms with E-state index in [0.717, 1.165) is 43.4 Å². The van der Waals surface area contributed by atoms with Crippen LogP contribution in [0.3, 0.4) is 0 Å². The van der Waals surface area contributed by atoms with E-state index < -0.39 is 6.10 Å². The number of carbonyl (C=O) groups is 1. The molecule has 0 spiro atoms. The lowest BCUT2D eigenvalue weighted by Crippen LogP contribution is -2.45. The van der Waals surface area contributed by atoms with E-state index >= 15 is 0 Å². The quantitative estimate of drug-likeness (QED) is 0.741. The van der Waals surface area contributed by atoms with Crippen molar-refractivity contribution in [3.05, 3.63) is 47.1 Å². The Balaban J connectivity index is 1.63. The van der Waals surface area contributed by atoms with Gasteiger partial charge >= 0.3 is 0 Å². The van der Waals surface area contributed by atoms with E-state index in [1.54, 1.807) is 0 Å². The Bertz CT molecular complexity index is 867. The Hall–Kier alpha value is -2.11. The van der Waals surface area contributed by atoms with E-state index in [2.05, 4.69) is 15.2 Å². The summed E-state index contributed by atoms with van der Waals surface area (Å²) in [5, 5.41) is 14.0. The lowest BCUT2D eigenvalue weighted by molar-refractivity contribution is 0.0717. The van der Waals surface area contributed by atoms with Gasteiger partial charge in [-0.2, -0.15) is 0 Å². The van der Waals surface area contributed by atoms with Crippen LogP contribution >= 0.6 is 11.6 Å². The van der Waals surface area contributed by atoms with Gasteiger partial charge in [0, 0.05) is 30.4 Å². The van der Waals surface area contributed by atoms with E-state index in [4.69, 9.17) is 11.6 Å². The SMILES string of the molecule is CN(CC1CC1)c1ncc(-c2ccc(Cl)cc2)cc1C(=O)N[C@@H]1CCCC[C@H]1O. The van der Waals surface area contributed by atoms with Crippen LogP contribution in [0, 0.1) is 5.92 Å². The summed E-state index contributed by atoms with van der Waals surface area (Å²) in [5.41, 5.74) is 2.39. The predicted molar refractivity (Wildman–Crippen MR) is 116 cm³/mol. The van der Waals surface area contributed by atoms with Gasteiger partial charge in [0.2, 0.25) is 0 Å². The number of nitrogens with one attached hydrogen (secondary N) is 1. The molecule has 1 amide bonds. The number of benzene rings is 1. The molecule has 6 heteroatoms. The second-order valence-electron chi connectivity index (χ2n) is 8.36. The third-order valence-corrected chi connectivity index (χ3v) is 6.18. The lowest BCUT2D eigenvalue weighted by Gasteiger charge is -2.29. The number of aromatic nitrogens is 1. The first kappa shape index (κ1) is 20.2. The summed E-state index contributed by atoms with van der Waals surface area (Å²) in [6, 6.07) is 9.24. The number of aliphatic hydroxyl groups is 1. The molecule has 0 aliphatic heterocycles. The minimum Gasteiger partial charge on any atom is -0.391 e. The average molecular weight is 414 g/mol. The lowest BCUT2D eigenvalue weighted by atomic mass is 9.92. The monoisotopic (exact) mass is 413 g/mol. The largest absolute Gasteiger partial charge is 0.391 e. The number of anilines is 1. The first-order valence-electron chi connectivity index (χ1n) is 10.5. The highest BCUT2D eigenvalue weighted by atomic mass is 35.5. The normalized spacial score (nSPS) is 21.6. The number of carbonyl (C=O) groups excluding carboxylic acids is 1. The first-order chi connectivity index (χ1) is 14.0. The Morgan fingerprint density at radius 1 is 1.17 bits per heavy atom. The van der Waals surface area contributed by atoms with Gasteiger partial charge in [-0.15, -0.1) is 0 Å².